The standard InChI is InChI=1S/C15H13NO4/c17-13(15(19)12-8-4-3-5-9-12)10-6-1-2-7-11-14(18)16-20/h1-11,20H,(H,16,18)/b2-1+,10-6+,11-7+. The third-order valence-electron chi connectivity index (χ3n) is 2.20. The first-order valence-corrected chi connectivity index (χ1v) is 5.74. The summed E-state index contributed by atoms with van der Waals surface area (Å²) in [5.74, 6) is -1.86. The summed E-state index contributed by atoms with van der Waals surface area (Å²) in [5, 5.41) is 8.21. The highest BCUT2D eigenvalue weighted by Crippen LogP contribution is 2.01. The Morgan fingerprint density at radius 3 is 2.10 bits per heavy atom. The van der Waals surface area contributed by atoms with E-state index in [0.717, 1.165) is 12.2 Å². The van der Waals surface area contributed by atoms with Crippen LogP contribution in [0.2, 0.25) is 0 Å². The minimum absolute atomic E-state index is 0.339. The number of hydroxylamine groups is 1. The lowest BCUT2D eigenvalue weighted by Crippen LogP contribution is -2.14. The zero-order valence-corrected chi connectivity index (χ0v) is 10.5. The average Bonchev–Trinajstić information content (AvgIpc) is 2.50. The quantitative estimate of drug-likeness (QED) is 0.206. The van der Waals surface area contributed by atoms with Crippen LogP contribution in [0.5, 0.6) is 0 Å². The maximum atomic E-state index is 11.7. The topological polar surface area (TPSA) is 83.5 Å². The molecule has 2 N–H and O–H groups in total. The number of rotatable bonds is 6. The summed E-state index contributed by atoms with van der Waals surface area (Å²) in [6, 6.07) is 8.26. The molecule has 0 radical (unpaired) electrons. The molecule has 0 aromatic heterocycles. The molecule has 1 aromatic carbocycles. The van der Waals surface area contributed by atoms with E-state index in [1.165, 1.54) is 29.8 Å². The molecule has 20 heavy (non-hydrogen) atoms. The van der Waals surface area contributed by atoms with Crippen LogP contribution in [0.25, 0.3) is 0 Å². The number of hydrogen-bond donors (Lipinski definition) is 2. The number of carbonyl (C=O) groups excluding carboxylic acids is 3. The number of nitrogens with one attached hydrogen (secondary N) is 1. The largest absolute Gasteiger partial charge is 0.288 e. The SMILES string of the molecule is O=C(/C=C/C=C/C=C/C(=O)C(=O)c1ccccc1)NO. The Bertz CT molecular complexity index is 571. The Kier molecular flexibility index (Phi) is 6.36. The molecule has 0 aliphatic heterocycles. The lowest BCUT2D eigenvalue weighted by molar-refractivity contribution is -0.124. The first-order valence-electron chi connectivity index (χ1n) is 5.74. The first kappa shape index (κ1) is 15.3. The molecule has 0 aliphatic carbocycles. The second kappa shape index (κ2) is 8.34. The summed E-state index contributed by atoms with van der Waals surface area (Å²) in [7, 11) is 0. The second-order valence-corrected chi connectivity index (χ2v) is 3.64. The van der Waals surface area contributed by atoms with E-state index in [1.807, 2.05) is 0 Å². The van der Waals surface area contributed by atoms with Gasteiger partial charge in [0.25, 0.3) is 5.91 Å². The van der Waals surface area contributed by atoms with Crippen molar-refractivity contribution in [3.05, 3.63) is 72.4 Å². The summed E-state index contributed by atoms with van der Waals surface area (Å²) >= 11 is 0. The number of carbonyl (C=O) groups is 3. The van der Waals surface area contributed by atoms with Gasteiger partial charge in [-0.05, 0) is 6.08 Å². The van der Waals surface area contributed by atoms with E-state index < -0.39 is 17.5 Å². The van der Waals surface area contributed by atoms with Crippen LogP contribution >= 0.6 is 0 Å². The van der Waals surface area contributed by atoms with Gasteiger partial charge in [0.1, 0.15) is 0 Å². The van der Waals surface area contributed by atoms with Crippen LogP contribution in [-0.4, -0.2) is 22.7 Å². The fourth-order valence-electron chi connectivity index (χ4n) is 1.26. The molecule has 1 amide bonds. The molecule has 0 saturated carbocycles. The van der Waals surface area contributed by atoms with Crippen LogP contribution < -0.4 is 5.48 Å². The van der Waals surface area contributed by atoms with Crippen molar-refractivity contribution in [2.24, 2.45) is 0 Å². The van der Waals surface area contributed by atoms with Gasteiger partial charge < -0.3 is 0 Å². The summed E-state index contributed by atoms with van der Waals surface area (Å²) in [6.45, 7) is 0. The van der Waals surface area contributed by atoms with E-state index in [2.05, 4.69) is 0 Å². The molecule has 0 spiro atoms. The van der Waals surface area contributed by atoms with Crippen molar-refractivity contribution in [2.75, 3.05) is 0 Å². The Labute approximate surface area is 115 Å². The van der Waals surface area contributed by atoms with Crippen molar-refractivity contribution >= 4 is 17.5 Å². The third-order valence-corrected chi connectivity index (χ3v) is 2.20. The molecule has 0 fully saturated rings. The number of benzene rings is 1. The molecular weight excluding hydrogens is 258 g/mol. The third kappa shape index (κ3) is 5.24. The predicted octanol–water partition coefficient (Wildman–Crippen LogP) is 1.61. The van der Waals surface area contributed by atoms with Crippen LogP contribution in [-0.2, 0) is 9.59 Å². The maximum Gasteiger partial charge on any atom is 0.267 e. The van der Waals surface area contributed by atoms with E-state index >= 15 is 0 Å². The van der Waals surface area contributed by atoms with Gasteiger partial charge in [0.15, 0.2) is 0 Å². The van der Waals surface area contributed by atoms with Crippen LogP contribution in [0.3, 0.4) is 0 Å². The van der Waals surface area contributed by atoms with E-state index in [0.29, 0.717) is 5.56 Å². The molecule has 1 aromatic rings. The zero-order chi connectivity index (χ0) is 14.8. The number of amides is 1. The average molecular weight is 271 g/mol. The normalized spacial score (nSPS) is 11.2. The van der Waals surface area contributed by atoms with Crippen molar-refractivity contribution < 1.29 is 19.6 Å². The van der Waals surface area contributed by atoms with Gasteiger partial charge in [-0.25, -0.2) is 5.48 Å². The van der Waals surface area contributed by atoms with Crippen molar-refractivity contribution in [2.45, 2.75) is 0 Å². The fraction of sp³-hybridized carbons (Fsp3) is 0. The van der Waals surface area contributed by atoms with E-state index in [1.54, 1.807) is 30.3 Å². The number of ketones is 2. The summed E-state index contributed by atoms with van der Waals surface area (Å²) in [5.41, 5.74) is 1.77. The molecule has 5 heteroatoms. The van der Waals surface area contributed by atoms with Gasteiger partial charge in [-0.15, -0.1) is 0 Å². The van der Waals surface area contributed by atoms with Gasteiger partial charge >= 0.3 is 0 Å². The second-order valence-electron chi connectivity index (χ2n) is 3.64. The smallest absolute Gasteiger partial charge is 0.267 e. The highest BCUT2D eigenvalue weighted by Gasteiger charge is 2.11. The van der Waals surface area contributed by atoms with Crippen molar-refractivity contribution in [3.8, 4) is 0 Å². The van der Waals surface area contributed by atoms with E-state index in [4.69, 9.17) is 5.21 Å². The molecular formula is C15H13NO4. The van der Waals surface area contributed by atoms with E-state index in [-0.39, 0.29) is 0 Å². The zero-order valence-electron chi connectivity index (χ0n) is 10.5. The minimum atomic E-state index is -0.658. The fourth-order valence-corrected chi connectivity index (χ4v) is 1.26. The predicted molar refractivity (Wildman–Crippen MR) is 73.1 cm³/mol. The number of hydrogen-bond acceptors (Lipinski definition) is 4. The van der Waals surface area contributed by atoms with E-state index in [9.17, 15) is 14.4 Å². The molecule has 0 heterocycles. The Morgan fingerprint density at radius 2 is 1.50 bits per heavy atom. The van der Waals surface area contributed by atoms with Crippen LogP contribution in [0, 0.1) is 0 Å². The minimum Gasteiger partial charge on any atom is -0.288 e. The monoisotopic (exact) mass is 271 g/mol. The molecule has 102 valence electrons. The summed E-state index contributed by atoms with van der Waals surface area (Å²) < 4.78 is 0. The Hall–Kier alpha value is -2.79. The van der Waals surface area contributed by atoms with Crippen LogP contribution in [0.4, 0.5) is 0 Å². The van der Waals surface area contributed by atoms with Gasteiger partial charge in [-0.1, -0.05) is 54.6 Å². The Morgan fingerprint density at radius 1 is 0.900 bits per heavy atom. The lowest BCUT2D eigenvalue weighted by atomic mass is 10.1. The van der Waals surface area contributed by atoms with Crippen LogP contribution in [0.1, 0.15) is 10.4 Å². The van der Waals surface area contributed by atoms with Crippen molar-refractivity contribution in [1.29, 1.82) is 0 Å². The van der Waals surface area contributed by atoms with Gasteiger partial charge in [0.05, 0.1) is 0 Å². The molecule has 0 saturated heterocycles. The van der Waals surface area contributed by atoms with Gasteiger partial charge in [-0.3, -0.25) is 19.6 Å². The molecule has 5 nitrogen and oxygen atoms in total. The lowest BCUT2D eigenvalue weighted by Gasteiger charge is -1.94. The highest BCUT2D eigenvalue weighted by atomic mass is 16.5. The maximum absolute atomic E-state index is 11.7. The summed E-state index contributed by atoms with van der Waals surface area (Å²) in [4.78, 5) is 33.8. The van der Waals surface area contributed by atoms with Crippen LogP contribution in [0.15, 0.2) is 66.8 Å². The molecule has 0 unspecified atom stereocenters. The van der Waals surface area contributed by atoms with Crippen molar-refractivity contribution in [3.63, 3.8) is 0 Å². The molecule has 1 rings (SSSR count). The van der Waals surface area contributed by atoms with Crippen molar-refractivity contribution in [1.82, 2.24) is 5.48 Å². The first-order chi connectivity index (χ1) is 9.65. The molecule has 0 bridgehead atoms. The number of allylic oxidation sites excluding steroid dienone is 5. The highest BCUT2D eigenvalue weighted by molar-refractivity contribution is 6.47. The Balaban J connectivity index is 2.52. The summed E-state index contributed by atoms with van der Waals surface area (Å²) in [6.07, 6.45) is 7.97. The molecule has 0 atom stereocenters. The number of Topliss-reactive ketones (excluding diaryl/α,β-unsaturated/α-hetero) is 1. The van der Waals surface area contributed by atoms with Gasteiger partial charge in [0, 0.05) is 11.6 Å². The van der Waals surface area contributed by atoms with Gasteiger partial charge in [0.2, 0.25) is 11.6 Å². The molecule has 0 aliphatic rings. The van der Waals surface area contributed by atoms with Gasteiger partial charge in [-0.2, -0.15) is 0 Å².